The van der Waals surface area contributed by atoms with E-state index in [-0.39, 0.29) is 35.6 Å². The van der Waals surface area contributed by atoms with Crippen molar-refractivity contribution in [3.8, 4) is 11.3 Å². The van der Waals surface area contributed by atoms with Gasteiger partial charge in [-0.3, -0.25) is 9.52 Å². The summed E-state index contributed by atoms with van der Waals surface area (Å²) < 4.78 is 28.5. The van der Waals surface area contributed by atoms with Crippen LogP contribution in [-0.4, -0.2) is 56.3 Å². The molecule has 1 saturated carbocycles. The largest absolute Gasteiger partial charge is 0.392 e. The Morgan fingerprint density at radius 2 is 1.90 bits per heavy atom. The van der Waals surface area contributed by atoms with Crippen LogP contribution in [0.2, 0.25) is 0 Å². The number of amides is 1. The Balaban J connectivity index is 1.39. The van der Waals surface area contributed by atoms with E-state index in [0.29, 0.717) is 46.2 Å². The Bertz CT molecular complexity index is 1770. The number of nitrogens with two attached hydrogens (primary N) is 1. The standard InChI is InChI=1S/C28H31N7O5S/c1-15(17-5-6-17)34-13-19-11-18(12-22(23(19)28(34)38)33-41(2,39)40)21-9-10-35-26(31-21)24(25(29)32-35)27(37)30-20-7-3-16(14-36)4-8-20/h3-4,7-12,15,17,27,30,33,36-37H,5-6,13-14H2,1-2H3,(H2,29,32)/t15-,27?/m0/s1. The van der Waals surface area contributed by atoms with Gasteiger partial charge in [-0.05, 0) is 67.1 Å². The van der Waals surface area contributed by atoms with Gasteiger partial charge in [-0.2, -0.15) is 0 Å². The zero-order valence-corrected chi connectivity index (χ0v) is 23.4. The van der Waals surface area contributed by atoms with Crippen LogP contribution in [0, 0.1) is 5.92 Å². The van der Waals surface area contributed by atoms with Crippen molar-refractivity contribution in [2.24, 2.45) is 5.92 Å². The highest BCUT2D eigenvalue weighted by molar-refractivity contribution is 7.92. The van der Waals surface area contributed by atoms with E-state index in [9.17, 15) is 23.4 Å². The fraction of sp³-hybridized carbons (Fsp3) is 0.321. The van der Waals surface area contributed by atoms with Gasteiger partial charge in [0.15, 0.2) is 17.7 Å². The van der Waals surface area contributed by atoms with Gasteiger partial charge in [0.05, 0.1) is 35.4 Å². The highest BCUT2D eigenvalue weighted by Crippen LogP contribution is 2.41. The first-order chi connectivity index (χ1) is 19.5. The molecule has 0 bridgehead atoms. The number of carbonyl (C=O) groups is 1. The Morgan fingerprint density at radius 1 is 1.17 bits per heavy atom. The predicted octanol–water partition coefficient (Wildman–Crippen LogP) is 2.70. The normalized spacial score (nSPS) is 16.6. The SMILES string of the molecule is C[C@@H](C1CC1)N1Cc2cc(-c3ccn4nc(N)c(C(O)Nc5ccc(CO)cc5)c4n3)cc(NS(C)(=O)=O)c2C1=O. The summed E-state index contributed by atoms with van der Waals surface area (Å²) in [5.41, 5.74) is 10.5. The predicted molar refractivity (Wildman–Crippen MR) is 154 cm³/mol. The molecule has 1 unspecified atom stereocenters. The first-order valence-corrected chi connectivity index (χ1v) is 15.2. The number of aliphatic hydroxyl groups excluding tert-OH is 2. The molecule has 3 heterocycles. The van der Waals surface area contributed by atoms with Crippen LogP contribution in [0.1, 0.15) is 53.0 Å². The quantitative estimate of drug-likeness (QED) is 0.187. The Morgan fingerprint density at radius 3 is 2.56 bits per heavy atom. The molecule has 6 N–H and O–H groups in total. The second-order valence-corrected chi connectivity index (χ2v) is 12.5. The molecule has 0 spiro atoms. The topological polar surface area (TPSA) is 175 Å². The summed E-state index contributed by atoms with van der Waals surface area (Å²) in [6, 6.07) is 12.2. The number of aliphatic hydroxyl groups is 2. The molecule has 13 heteroatoms. The lowest BCUT2D eigenvalue weighted by molar-refractivity contribution is 0.0698. The number of benzene rings is 2. The number of nitrogens with one attached hydrogen (secondary N) is 2. The van der Waals surface area contributed by atoms with E-state index in [1.165, 1.54) is 4.52 Å². The van der Waals surface area contributed by atoms with E-state index in [4.69, 9.17) is 10.7 Å². The maximum Gasteiger partial charge on any atom is 0.256 e. The maximum absolute atomic E-state index is 13.4. The Labute approximate surface area is 236 Å². The van der Waals surface area contributed by atoms with E-state index in [1.54, 1.807) is 47.5 Å². The number of hydrogen-bond donors (Lipinski definition) is 5. The number of fused-ring (bicyclic) bond motifs is 2. The molecule has 1 aliphatic carbocycles. The molecule has 4 aromatic rings. The number of sulfonamides is 1. The van der Waals surface area contributed by atoms with Gasteiger partial charge in [0, 0.05) is 30.0 Å². The van der Waals surface area contributed by atoms with Crippen LogP contribution >= 0.6 is 0 Å². The molecule has 1 aliphatic heterocycles. The number of rotatable bonds is 9. The van der Waals surface area contributed by atoms with Gasteiger partial charge in [0.1, 0.15) is 0 Å². The van der Waals surface area contributed by atoms with Crippen LogP contribution in [0.5, 0.6) is 0 Å². The van der Waals surface area contributed by atoms with Crippen LogP contribution in [0.25, 0.3) is 16.9 Å². The number of anilines is 3. The highest BCUT2D eigenvalue weighted by atomic mass is 32.2. The van der Waals surface area contributed by atoms with Crippen molar-refractivity contribution < 1.29 is 23.4 Å². The number of nitrogens with zero attached hydrogens (tertiary/aromatic N) is 4. The molecule has 0 radical (unpaired) electrons. The Kier molecular flexibility index (Phi) is 6.59. The second kappa shape index (κ2) is 10.0. The van der Waals surface area contributed by atoms with Gasteiger partial charge in [0.25, 0.3) is 5.91 Å². The van der Waals surface area contributed by atoms with Gasteiger partial charge in [-0.1, -0.05) is 12.1 Å². The van der Waals surface area contributed by atoms with Crippen LogP contribution in [0.3, 0.4) is 0 Å². The van der Waals surface area contributed by atoms with Crippen molar-refractivity contribution >= 4 is 38.8 Å². The first kappa shape index (κ1) is 27.0. The number of hydrogen-bond acceptors (Lipinski definition) is 9. The van der Waals surface area contributed by atoms with Crippen LogP contribution in [-0.2, 0) is 23.2 Å². The fourth-order valence-corrected chi connectivity index (χ4v) is 5.95. The van der Waals surface area contributed by atoms with E-state index >= 15 is 0 Å². The molecular formula is C28H31N7O5S. The lowest BCUT2D eigenvalue weighted by Crippen LogP contribution is -2.34. The summed E-state index contributed by atoms with van der Waals surface area (Å²) in [6.45, 7) is 2.32. The summed E-state index contributed by atoms with van der Waals surface area (Å²) >= 11 is 0. The summed E-state index contributed by atoms with van der Waals surface area (Å²) in [5.74, 6) is 0.361. The molecule has 2 aromatic carbocycles. The lowest BCUT2D eigenvalue weighted by atomic mass is 10.0. The molecule has 214 valence electrons. The van der Waals surface area contributed by atoms with Gasteiger partial charge < -0.3 is 26.2 Å². The minimum absolute atomic E-state index is 0.0602. The van der Waals surface area contributed by atoms with Crippen molar-refractivity contribution in [3.05, 3.63) is 70.9 Å². The van der Waals surface area contributed by atoms with Crippen LogP contribution in [0.4, 0.5) is 17.2 Å². The smallest absolute Gasteiger partial charge is 0.256 e. The lowest BCUT2D eigenvalue weighted by Gasteiger charge is -2.24. The molecule has 1 fully saturated rings. The molecule has 41 heavy (non-hydrogen) atoms. The van der Waals surface area contributed by atoms with Crippen molar-refractivity contribution in [3.63, 3.8) is 0 Å². The first-order valence-electron chi connectivity index (χ1n) is 13.3. The minimum atomic E-state index is -3.67. The highest BCUT2D eigenvalue weighted by Gasteiger charge is 2.40. The summed E-state index contributed by atoms with van der Waals surface area (Å²) in [5, 5.41) is 27.6. The molecular weight excluding hydrogens is 546 g/mol. The average molecular weight is 578 g/mol. The third kappa shape index (κ3) is 5.19. The maximum atomic E-state index is 13.4. The average Bonchev–Trinajstić information content (AvgIpc) is 3.64. The fourth-order valence-electron chi connectivity index (χ4n) is 5.39. The van der Waals surface area contributed by atoms with Gasteiger partial charge in [-0.15, -0.1) is 5.10 Å². The third-order valence-corrected chi connectivity index (χ3v) is 8.28. The molecule has 0 saturated heterocycles. The van der Waals surface area contributed by atoms with Gasteiger partial charge in [0.2, 0.25) is 10.0 Å². The van der Waals surface area contributed by atoms with Crippen molar-refractivity contribution in [2.75, 3.05) is 22.0 Å². The van der Waals surface area contributed by atoms with Crippen molar-refractivity contribution in [1.82, 2.24) is 19.5 Å². The summed E-state index contributed by atoms with van der Waals surface area (Å²) in [4.78, 5) is 20.0. The third-order valence-electron chi connectivity index (χ3n) is 7.69. The van der Waals surface area contributed by atoms with Crippen molar-refractivity contribution in [2.45, 2.75) is 45.2 Å². The van der Waals surface area contributed by atoms with Crippen molar-refractivity contribution in [1.29, 1.82) is 0 Å². The van der Waals surface area contributed by atoms with E-state index in [0.717, 1.165) is 24.7 Å². The van der Waals surface area contributed by atoms with Crippen LogP contribution in [0.15, 0.2) is 48.7 Å². The zero-order chi connectivity index (χ0) is 29.1. The zero-order valence-electron chi connectivity index (χ0n) is 22.6. The molecule has 2 aromatic heterocycles. The van der Waals surface area contributed by atoms with E-state index < -0.39 is 16.3 Å². The minimum Gasteiger partial charge on any atom is -0.392 e. The molecule has 6 rings (SSSR count). The molecule has 1 amide bonds. The van der Waals surface area contributed by atoms with Gasteiger partial charge in [-0.25, -0.2) is 17.9 Å². The Hall–Kier alpha value is -4.20. The molecule has 2 atom stereocenters. The number of carbonyl (C=O) groups excluding carboxylic acids is 1. The molecule has 2 aliphatic rings. The number of aromatic nitrogens is 3. The van der Waals surface area contributed by atoms with Crippen LogP contribution < -0.4 is 15.8 Å². The monoisotopic (exact) mass is 577 g/mol. The second-order valence-electron chi connectivity index (χ2n) is 10.7. The summed E-state index contributed by atoms with van der Waals surface area (Å²) in [6.07, 6.45) is 3.62. The number of nitrogen functional groups attached to an aromatic ring is 1. The van der Waals surface area contributed by atoms with Gasteiger partial charge >= 0.3 is 0 Å². The van der Waals surface area contributed by atoms with E-state index in [1.807, 2.05) is 13.0 Å². The summed E-state index contributed by atoms with van der Waals surface area (Å²) in [7, 11) is -3.67. The molecule has 12 nitrogen and oxygen atoms in total. The van der Waals surface area contributed by atoms with E-state index in [2.05, 4.69) is 15.1 Å².